The molecule has 1 atom stereocenters. The SMILES string of the molecule is Cc1nc(C)c(C(=O)N2CCOC3(CCN(C(=O)C4CCOCC4)C3)C2)s1. The van der Waals surface area contributed by atoms with E-state index in [1.807, 2.05) is 23.6 Å². The third kappa shape index (κ3) is 3.75. The van der Waals surface area contributed by atoms with E-state index in [1.165, 1.54) is 11.3 Å². The summed E-state index contributed by atoms with van der Waals surface area (Å²) in [6.45, 7) is 8.07. The number of morpholine rings is 1. The Morgan fingerprint density at radius 3 is 2.56 bits per heavy atom. The van der Waals surface area contributed by atoms with Gasteiger partial charge in [0.05, 0.1) is 30.4 Å². The van der Waals surface area contributed by atoms with Crippen LogP contribution in [-0.2, 0) is 14.3 Å². The summed E-state index contributed by atoms with van der Waals surface area (Å²) >= 11 is 1.45. The minimum absolute atomic E-state index is 0.0370. The van der Waals surface area contributed by atoms with Crippen LogP contribution >= 0.6 is 11.3 Å². The van der Waals surface area contributed by atoms with Gasteiger partial charge in [0.15, 0.2) is 0 Å². The maximum Gasteiger partial charge on any atom is 0.266 e. The number of nitrogens with zero attached hydrogens (tertiary/aromatic N) is 3. The minimum atomic E-state index is -0.428. The van der Waals surface area contributed by atoms with Gasteiger partial charge in [-0.3, -0.25) is 9.59 Å². The lowest BCUT2D eigenvalue weighted by molar-refractivity contribution is -0.140. The number of amides is 2. The highest BCUT2D eigenvalue weighted by molar-refractivity contribution is 7.13. The van der Waals surface area contributed by atoms with Gasteiger partial charge in [-0.25, -0.2) is 4.98 Å². The van der Waals surface area contributed by atoms with Gasteiger partial charge >= 0.3 is 0 Å². The Hall–Kier alpha value is -1.51. The van der Waals surface area contributed by atoms with Gasteiger partial charge in [0, 0.05) is 32.2 Å². The van der Waals surface area contributed by atoms with E-state index in [1.54, 1.807) is 0 Å². The lowest BCUT2D eigenvalue weighted by Gasteiger charge is -2.40. The van der Waals surface area contributed by atoms with Crippen LogP contribution in [0, 0.1) is 19.8 Å². The molecule has 7 nitrogen and oxygen atoms in total. The van der Waals surface area contributed by atoms with E-state index in [9.17, 15) is 9.59 Å². The van der Waals surface area contributed by atoms with Crippen LogP contribution < -0.4 is 0 Å². The number of ether oxygens (including phenoxy) is 2. The maximum absolute atomic E-state index is 13.0. The molecule has 8 heteroatoms. The number of hydrogen-bond donors (Lipinski definition) is 0. The number of carbonyl (C=O) groups excluding carboxylic acids is 2. The lowest BCUT2D eigenvalue weighted by Crippen LogP contribution is -2.55. The van der Waals surface area contributed by atoms with Crippen LogP contribution in [-0.4, -0.2) is 78.2 Å². The number of thiazole rings is 1. The largest absolute Gasteiger partial charge is 0.381 e. The van der Waals surface area contributed by atoms with Crippen molar-refractivity contribution in [2.24, 2.45) is 5.92 Å². The summed E-state index contributed by atoms with van der Waals surface area (Å²) in [6, 6.07) is 0. The summed E-state index contributed by atoms with van der Waals surface area (Å²) in [5, 5.41) is 0.910. The van der Waals surface area contributed by atoms with Crippen molar-refractivity contribution >= 4 is 23.2 Å². The second-order valence-corrected chi connectivity index (χ2v) is 9.01. The van der Waals surface area contributed by atoms with E-state index in [-0.39, 0.29) is 17.7 Å². The van der Waals surface area contributed by atoms with Crippen LogP contribution in [0.2, 0.25) is 0 Å². The van der Waals surface area contributed by atoms with Crippen LogP contribution in [0.4, 0.5) is 0 Å². The zero-order chi connectivity index (χ0) is 19.0. The Morgan fingerprint density at radius 2 is 1.85 bits per heavy atom. The topological polar surface area (TPSA) is 72.0 Å². The number of aromatic nitrogens is 1. The Morgan fingerprint density at radius 1 is 1.11 bits per heavy atom. The maximum atomic E-state index is 13.0. The summed E-state index contributed by atoms with van der Waals surface area (Å²) in [4.78, 5) is 34.7. The fourth-order valence-corrected chi connectivity index (χ4v) is 5.26. The van der Waals surface area contributed by atoms with Crippen molar-refractivity contribution in [1.29, 1.82) is 0 Å². The highest BCUT2D eigenvalue weighted by atomic mass is 32.1. The Labute approximate surface area is 163 Å². The van der Waals surface area contributed by atoms with Gasteiger partial charge in [-0.15, -0.1) is 11.3 Å². The first-order valence-electron chi connectivity index (χ1n) is 9.71. The molecule has 3 fully saturated rings. The van der Waals surface area contributed by atoms with Crippen LogP contribution in [0.15, 0.2) is 0 Å². The molecule has 4 heterocycles. The summed E-state index contributed by atoms with van der Waals surface area (Å²) < 4.78 is 11.5. The molecule has 0 saturated carbocycles. The summed E-state index contributed by atoms with van der Waals surface area (Å²) in [5.74, 6) is 0.323. The van der Waals surface area contributed by atoms with Crippen molar-refractivity contribution in [1.82, 2.24) is 14.8 Å². The molecule has 148 valence electrons. The first-order chi connectivity index (χ1) is 13.0. The molecule has 1 unspecified atom stereocenters. The van der Waals surface area contributed by atoms with Crippen molar-refractivity contribution in [3.63, 3.8) is 0 Å². The van der Waals surface area contributed by atoms with Gasteiger partial charge in [-0.05, 0) is 33.1 Å². The molecular formula is C19H27N3O4S. The monoisotopic (exact) mass is 393 g/mol. The first-order valence-corrected chi connectivity index (χ1v) is 10.5. The van der Waals surface area contributed by atoms with Gasteiger partial charge in [-0.2, -0.15) is 0 Å². The third-order valence-corrected chi connectivity index (χ3v) is 6.89. The smallest absolute Gasteiger partial charge is 0.266 e. The normalized spacial score (nSPS) is 26.7. The zero-order valence-electron chi connectivity index (χ0n) is 16.0. The molecular weight excluding hydrogens is 366 g/mol. The molecule has 3 aliphatic rings. The van der Waals surface area contributed by atoms with Crippen molar-refractivity contribution in [3.05, 3.63) is 15.6 Å². The Balaban J connectivity index is 1.42. The average molecular weight is 394 g/mol. The molecule has 1 aromatic heterocycles. The van der Waals surface area contributed by atoms with Crippen molar-refractivity contribution in [2.45, 2.75) is 38.7 Å². The average Bonchev–Trinajstić information content (AvgIpc) is 3.24. The van der Waals surface area contributed by atoms with Crippen LogP contribution in [0.25, 0.3) is 0 Å². The highest BCUT2D eigenvalue weighted by Crippen LogP contribution is 2.32. The molecule has 0 radical (unpaired) electrons. The lowest BCUT2D eigenvalue weighted by atomic mass is 9.98. The zero-order valence-corrected chi connectivity index (χ0v) is 16.8. The van der Waals surface area contributed by atoms with Crippen molar-refractivity contribution < 1.29 is 19.1 Å². The van der Waals surface area contributed by atoms with E-state index in [4.69, 9.17) is 9.47 Å². The molecule has 1 aromatic rings. The van der Waals surface area contributed by atoms with Crippen LogP contribution in [0.3, 0.4) is 0 Å². The van der Waals surface area contributed by atoms with Gasteiger partial charge < -0.3 is 19.3 Å². The number of likely N-dealkylation sites (tertiary alicyclic amines) is 1. The first kappa shape index (κ1) is 18.8. The second kappa shape index (κ2) is 7.48. The van der Waals surface area contributed by atoms with Crippen LogP contribution in [0.5, 0.6) is 0 Å². The van der Waals surface area contributed by atoms with Gasteiger partial charge in [-0.1, -0.05) is 0 Å². The minimum Gasteiger partial charge on any atom is -0.381 e. The fourth-order valence-electron chi connectivity index (χ4n) is 4.37. The Kier molecular flexibility index (Phi) is 5.22. The molecule has 0 N–H and O–H groups in total. The molecule has 27 heavy (non-hydrogen) atoms. The fraction of sp³-hybridized carbons (Fsp3) is 0.737. The molecule has 0 aliphatic carbocycles. The number of hydrogen-bond acceptors (Lipinski definition) is 6. The number of aryl methyl sites for hydroxylation is 2. The summed E-state index contributed by atoms with van der Waals surface area (Å²) in [6.07, 6.45) is 2.39. The predicted molar refractivity (Wildman–Crippen MR) is 101 cm³/mol. The third-order valence-electron chi connectivity index (χ3n) is 5.83. The molecule has 3 saturated heterocycles. The van der Waals surface area contributed by atoms with E-state index < -0.39 is 5.60 Å². The second-order valence-electron chi connectivity index (χ2n) is 7.80. The quantitative estimate of drug-likeness (QED) is 0.764. The highest BCUT2D eigenvalue weighted by Gasteiger charge is 2.46. The van der Waals surface area contributed by atoms with Crippen molar-refractivity contribution in [2.75, 3.05) is 46.0 Å². The molecule has 0 bridgehead atoms. The van der Waals surface area contributed by atoms with E-state index in [0.29, 0.717) is 46.0 Å². The molecule has 2 amide bonds. The van der Waals surface area contributed by atoms with Gasteiger partial charge in [0.25, 0.3) is 5.91 Å². The van der Waals surface area contributed by atoms with Gasteiger partial charge in [0.2, 0.25) is 5.91 Å². The van der Waals surface area contributed by atoms with Crippen molar-refractivity contribution in [3.8, 4) is 0 Å². The standard InChI is InChI=1S/C19H27N3O4S/c1-13-16(27-14(2)20-13)18(24)22-7-10-26-19(12-22)5-6-21(11-19)17(23)15-3-8-25-9-4-15/h15H,3-12H2,1-2H3. The number of rotatable bonds is 2. The Bertz CT molecular complexity index is 731. The van der Waals surface area contributed by atoms with E-state index in [0.717, 1.165) is 34.8 Å². The molecule has 4 rings (SSSR count). The van der Waals surface area contributed by atoms with Crippen LogP contribution in [0.1, 0.15) is 39.6 Å². The summed E-state index contributed by atoms with van der Waals surface area (Å²) in [7, 11) is 0. The molecule has 0 aromatic carbocycles. The van der Waals surface area contributed by atoms with E-state index in [2.05, 4.69) is 4.98 Å². The predicted octanol–water partition coefficient (Wildman–Crippen LogP) is 1.63. The summed E-state index contributed by atoms with van der Waals surface area (Å²) in [5.41, 5.74) is 0.369. The van der Waals surface area contributed by atoms with E-state index >= 15 is 0 Å². The van der Waals surface area contributed by atoms with Gasteiger partial charge in [0.1, 0.15) is 10.5 Å². The molecule has 3 aliphatic heterocycles. The number of carbonyl (C=O) groups is 2. The molecule has 1 spiro atoms.